The number of aryl methyl sites for hydroxylation is 3. The molecule has 1 amide bonds. The summed E-state index contributed by atoms with van der Waals surface area (Å²) in [7, 11) is 0. The number of halogens is 1. The van der Waals surface area contributed by atoms with E-state index in [0.29, 0.717) is 4.47 Å². The van der Waals surface area contributed by atoms with E-state index in [-0.39, 0.29) is 24.5 Å². The minimum absolute atomic E-state index is 0.0226. The lowest BCUT2D eigenvalue weighted by atomic mass is 10.1. The normalized spacial score (nSPS) is 11.9. The first-order valence-corrected chi connectivity index (χ1v) is 8.73. The second kappa shape index (κ2) is 8.36. The van der Waals surface area contributed by atoms with Gasteiger partial charge in [-0.2, -0.15) is 0 Å². The molecule has 134 valence electrons. The maximum Gasteiger partial charge on any atom is 0.255 e. The molecular weight excluding hydrogens is 386 g/mol. The molecule has 25 heavy (non-hydrogen) atoms. The van der Waals surface area contributed by atoms with Crippen LogP contribution in [0, 0.1) is 20.8 Å². The number of ether oxygens (including phenoxy) is 1. The summed E-state index contributed by atoms with van der Waals surface area (Å²) in [6.45, 7) is 5.79. The van der Waals surface area contributed by atoms with Gasteiger partial charge in [0.2, 0.25) is 0 Å². The van der Waals surface area contributed by atoms with Gasteiger partial charge in [0.25, 0.3) is 5.91 Å². The first-order chi connectivity index (χ1) is 11.8. The van der Waals surface area contributed by atoms with Crippen molar-refractivity contribution in [3.8, 4) is 11.5 Å². The molecular formula is C19H22BrNO4. The standard InChI is InChI=1S/C19H22BrNO4/c1-11-7-15(17(23)16(20)8-11)19(24)21-9-14(22)10-25-18-12(2)5-4-6-13(18)3/h4-8,14,22-23H,9-10H2,1-3H3,(H,21,24). The number of rotatable bonds is 6. The second-order valence-corrected chi connectivity index (χ2v) is 6.89. The van der Waals surface area contributed by atoms with Gasteiger partial charge in [0.05, 0.1) is 10.0 Å². The lowest BCUT2D eigenvalue weighted by Crippen LogP contribution is -2.35. The number of carbonyl (C=O) groups excluding carboxylic acids is 1. The number of nitrogens with one attached hydrogen (secondary N) is 1. The van der Waals surface area contributed by atoms with Crippen LogP contribution in [0.1, 0.15) is 27.0 Å². The molecule has 0 fully saturated rings. The van der Waals surface area contributed by atoms with E-state index >= 15 is 0 Å². The summed E-state index contributed by atoms with van der Waals surface area (Å²) < 4.78 is 6.13. The molecule has 0 aliphatic heterocycles. The molecule has 6 heteroatoms. The Morgan fingerprint density at radius 1 is 1.24 bits per heavy atom. The highest BCUT2D eigenvalue weighted by Gasteiger charge is 2.16. The molecule has 0 aliphatic carbocycles. The second-order valence-electron chi connectivity index (χ2n) is 6.04. The molecule has 2 aromatic carbocycles. The van der Waals surface area contributed by atoms with E-state index < -0.39 is 12.0 Å². The molecule has 0 bridgehead atoms. The third kappa shape index (κ3) is 4.96. The summed E-state index contributed by atoms with van der Waals surface area (Å²) in [5.74, 6) is 0.172. The summed E-state index contributed by atoms with van der Waals surface area (Å²) in [6, 6.07) is 9.14. The number of hydrogen-bond acceptors (Lipinski definition) is 4. The van der Waals surface area contributed by atoms with Crippen LogP contribution in [0.15, 0.2) is 34.8 Å². The van der Waals surface area contributed by atoms with Gasteiger partial charge in [0.1, 0.15) is 24.2 Å². The van der Waals surface area contributed by atoms with Crippen molar-refractivity contribution in [3.05, 3.63) is 57.1 Å². The quantitative estimate of drug-likeness (QED) is 0.686. The van der Waals surface area contributed by atoms with Gasteiger partial charge in [-0.25, -0.2) is 0 Å². The average Bonchev–Trinajstić information content (AvgIpc) is 2.55. The van der Waals surface area contributed by atoms with E-state index in [0.717, 1.165) is 22.4 Å². The van der Waals surface area contributed by atoms with Crippen LogP contribution >= 0.6 is 15.9 Å². The van der Waals surface area contributed by atoms with Crippen molar-refractivity contribution in [2.45, 2.75) is 26.9 Å². The van der Waals surface area contributed by atoms with Gasteiger partial charge in [-0.3, -0.25) is 4.79 Å². The van der Waals surface area contributed by atoms with E-state index in [1.165, 1.54) is 0 Å². The number of aliphatic hydroxyl groups excluding tert-OH is 1. The monoisotopic (exact) mass is 407 g/mol. The Bertz CT molecular complexity index is 756. The molecule has 0 aromatic heterocycles. The van der Waals surface area contributed by atoms with Gasteiger partial charge >= 0.3 is 0 Å². The fourth-order valence-electron chi connectivity index (χ4n) is 2.48. The van der Waals surface area contributed by atoms with Gasteiger partial charge in [0, 0.05) is 6.54 Å². The molecule has 2 aromatic rings. The Hall–Kier alpha value is -2.05. The van der Waals surface area contributed by atoms with Gasteiger partial charge in [-0.15, -0.1) is 0 Å². The van der Waals surface area contributed by atoms with Gasteiger partial charge in [-0.1, -0.05) is 18.2 Å². The zero-order chi connectivity index (χ0) is 18.6. The number of para-hydroxylation sites is 1. The molecule has 5 nitrogen and oxygen atoms in total. The van der Waals surface area contributed by atoms with E-state index in [1.807, 2.05) is 39.0 Å². The predicted octanol–water partition coefficient (Wildman–Crippen LogP) is 3.25. The maximum atomic E-state index is 12.2. The van der Waals surface area contributed by atoms with Crippen LogP contribution in [0.2, 0.25) is 0 Å². The van der Waals surface area contributed by atoms with Crippen molar-refractivity contribution in [2.24, 2.45) is 0 Å². The Morgan fingerprint density at radius 3 is 2.52 bits per heavy atom. The molecule has 0 saturated heterocycles. The molecule has 0 radical (unpaired) electrons. The summed E-state index contributed by atoms with van der Waals surface area (Å²) in [5, 5.41) is 22.6. The van der Waals surface area contributed by atoms with Crippen LogP contribution in [0.5, 0.6) is 11.5 Å². The maximum absolute atomic E-state index is 12.2. The van der Waals surface area contributed by atoms with E-state index in [2.05, 4.69) is 21.2 Å². The van der Waals surface area contributed by atoms with Crippen LogP contribution in [0.3, 0.4) is 0 Å². The van der Waals surface area contributed by atoms with Crippen LogP contribution in [0.25, 0.3) is 0 Å². The Morgan fingerprint density at radius 2 is 1.88 bits per heavy atom. The molecule has 1 unspecified atom stereocenters. The molecule has 0 saturated carbocycles. The number of hydrogen-bond donors (Lipinski definition) is 3. The minimum Gasteiger partial charge on any atom is -0.506 e. The first-order valence-electron chi connectivity index (χ1n) is 7.94. The highest BCUT2D eigenvalue weighted by molar-refractivity contribution is 9.10. The Kier molecular flexibility index (Phi) is 6.45. The van der Waals surface area contributed by atoms with Crippen LogP contribution < -0.4 is 10.1 Å². The molecule has 1 atom stereocenters. The van der Waals surface area contributed by atoms with E-state index in [1.54, 1.807) is 12.1 Å². The van der Waals surface area contributed by atoms with Crippen LogP contribution in [0.4, 0.5) is 0 Å². The fraction of sp³-hybridized carbons (Fsp3) is 0.316. The van der Waals surface area contributed by atoms with Gasteiger partial charge in [-0.05, 0) is 65.5 Å². The molecule has 2 rings (SSSR count). The highest BCUT2D eigenvalue weighted by atomic mass is 79.9. The zero-order valence-corrected chi connectivity index (χ0v) is 16.1. The zero-order valence-electron chi connectivity index (χ0n) is 14.5. The number of phenols is 1. The summed E-state index contributed by atoms with van der Waals surface area (Å²) in [4.78, 5) is 12.2. The summed E-state index contributed by atoms with van der Waals surface area (Å²) in [5.41, 5.74) is 2.99. The summed E-state index contributed by atoms with van der Waals surface area (Å²) >= 11 is 3.21. The number of benzene rings is 2. The molecule has 0 aliphatic rings. The first kappa shape index (κ1) is 19.3. The lowest BCUT2D eigenvalue weighted by Gasteiger charge is -2.16. The average molecular weight is 408 g/mol. The summed E-state index contributed by atoms with van der Waals surface area (Å²) in [6.07, 6.45) is -0.863. The number of aliphatic hydroxyl groups is 1. The van der Waals surface area contributed by atoms with Crippen molar-refractivity contribution in [3.63, 3.8) is 0 Å². The third-order valence-corrected chi connectivity index (χ3v) is 4.38. The fourth-order valence-corrected chi connectivity index (χ4v) is 3.05. The highest BCUT2D eigenvalue weighted by Crippen LogP contribution is 2.29. The number of carbonyl (C=O) groups is 1. The van der Waals surface area contributed by atoms with Gasteiger partial charge in [0.15, 0.2) is 0 Å². The smallest absolute Gasteiger partial charge is 0.255 e. The number of amides is 1. The van der Waals surface area contributed by atoms with E-state index in [9.17, 15) is 15.0 Å². The van der Waals surface area contributed by atoms with Crippen molar-refractivity contribution in [2.75, 3.05) is 13.2 Å². The topological polar surface area (TPSA) is 78.8 Å². The van der Waals surface area contributed by atoms with Crippen molar-refractivity contribution >= 4 is 21.8 Å². The molecule has 3 N–H and O–H groups in total. The Labute approximate surface area is 155 Å². The van der Waals surface area contributed by atoms with E-state index in [4.69, 9.17) is 4.74 Å². The number of aromatic hydroxyl groups is 1. The van der Waals surface area contributed by atoms with Crippen LogP contribution in [-0.4, -0.2) is 35.4 Å². The SMILES string of the molecule is Cc1cc(Br)c(O)c(C(=O)NCC(O)COc2c(C)cccc2C)c1. The van der Waals surface area contributed by atoms with Crippen LogP contribution in [-0.2, 0) is 0 Å². The Balaban J connectivity index is 1.92. The van der Waals surface area contributed by atoms with Crippen molar-refractivity contribution in [1.29, 1.82) is 0 Å². The lowest BCUT2D eigenvalue weighted by molar-refractivity contribution is 0.0839. The minimum atomic E-state index is -0.863. The van der Waals surface area contributed by atoms with Gasteiger partial charge < -0.3 is 20.3 Å². The van der Waals surface area contributed by atoms with Crippen molar-refractivity contribution in [1.82, 2.24) is 5.32 Å². The molecule has 0 heterocycles. The van der Waals surface area contributed by atoms with Crippen molar-refractivity contribution < 1.29 is 19.7 Å². The number of phenolic OH excluding ortho intramolecular Hbond substituents is 1. The predicted molar refractivity (Wildman–Crippen MR) is 100 cm³/mol. The molecule has 0 spiro atoms. The third-order valence-electron chi connectivity index (χ3n) is 3.78. The largest absolute Gasteiger partial charge is 0.506 e.